The van der Waals surface area contributed by atoms with Gasteiger partial charge in [-0.15, -0.1) is 11.3 Å². The van der Waals surface area contributed by atoms with Crippen molar-refractivity contribution >= 4 is 23.1 Å². The van der Waals surface area contributed by atoms with Crippen molar-refractivity contribution in [3.05, 3.63) is 52.0 Å². The molecule has 3 N–H and O–H groups in total. The Bertz CT molecular complexity index is 771. The summed E-state index contributed by atoms with van der Waals surface area (Å²) >= 11 is 3.44. The predicted molar refractivity (Wildman–Crippen MR) is 130 cm³/mol. The van der Waals surface area contributed by atoms with Crippen molar-refractivity contribution in [1.82, 2.24) is 4.98 Å². The van der Waals surface area contributed by atoms with Crippen LogP contribution in [0.25, 0.3) is 0 Å². The highest BCUT2D eigenvalue weighted by Gasteiger charge is 2.40. The summed E-state index contributed by atoms with van der Waals surface area (Å²) in [6.07, 6.45) is 1.97. The number of thiazole rings is 1. The molecule has 0 saturated carbocycles. The molecular formula is C24H36N2O3S2. The topological polar surface area (TPSA) is 77.6 Å². The number of nitrogens with zero attached hydrogens (tertiary/aromatic N) is 1. The van der Waals surface area contributed by atoms with E-state index in [9.17, 15) is 5.11 Å². The van der Waals surface area contributed by atoms with Crippen LogP contribution in [0.1, 0.15) is 62.1 Å². The summed E-state index contributed by atoms with van der Waals surface area (Å²) in [5.41, 5.74) is 10.7. The Labute approximate surface area is 194 Å². The van der Waals surface area contributed by atoms with Gasteiger partial charge in [0.25, 0.3) is 0 Å². The highest BCUT2D eigenvalue weighted by atomic mass is 32.2. The molecule has 2 heterocycles. The van der Waals surface area contributed by atoms with Crippen LogP contribution in [0, 0.1) is 0 Å². The van der Waals surface area contributed by atoms with Crippen LogP contribution in [-0.2, 0) is 22.7 Å². The molecule has 1 aromatic carbocycles. The molecule has 1 aromatic heterocycles. The normalized spacial score (nSPS) is 26.8. The van der Waals surface area contributed by atoms with Crippen molar-refractivity contribution in [2.24, 2.45) is 5.73 Å². The van der Waals surface area contributed by atoms with Gasteiger partial charge in [-0.25, -0.2) is 4.98 Å². The largest absolute Gasteiger partial charge is 0.389 e. The molecule has 0 bridgehead atoms. The summed E-state index contributed by atoms with van der Waals surface area (Å²) in [4.78, 5) is 5.60. The van der Waals surface area contributed by atoms with Gasteiger partial charge in [0, 0.05) is 11.0 Å². The number of hydrogen-bond donors (Lipinski definition) is 2. The van der Waals surface area contributed by atoms with E-state index in [1.54, 1.807) is 11.3 Å². The Kier molecular flexibility index (Phi) is 9.81. The van der Waals surface area contributed by atoms with Gasteiger partial charge in [-0.3, -0.25) is 0 Å². The average molecular weight is 465 g/mol. The minimum atomic E-state index is -0.768. The molecule has 7 heteroatoms. The molecule has 2 aromatic rings. The van der Waals surface area contributed by atoms with Crippen LogP contribution in [0.3, 0.4) is 0 Å². The quantitative estimate of drug-likeness (QED) is 0.529. The zero-order valence-corrected chi connectivity index (χ0v) is 20.4. The van der Waals surface area contributed by atoms with Crippen molar-refractivity contribution < 1.29 is 14.6 Å². The molecular weight excluding hydrogens is 428 g/mol. The van der Waals surface area contributed by atoms with Gasteiger partial charge in [0.2, 0.25) is 0 Å². The molecule has 31 heavy (non-hydrogen) atoms. The fourth-order valence-corrected chi connectivity index (χ4v) is 6.28. The fraction of sp³-hybridized carbons (Fsp3) is 0.625. The Morgan fingerprint density at radius 3 is 2.68 bits per heavy atom. The number of ether oxygens (including phenoxy) is 2. The molecule has 0 amide bonds. The van der Waals surface area contributed by atoms with Gasteiger partial charge in [0.05, 0.1) is 53.6 Å². The molecule has 0 radical (unpaired) electrons. The van der Waals surface area contributed by atoms with Crippen molar-refractivity contribution in [2.75, 3.05) is 5.75 Å². The monoisotopic (exact) mass is 464 g/mol. The van der Waals surface area contributed by atoms with Crippen LogP contribution < -0.4 is 5.73 Å². The summed E-state index contributed by atoms with van der Waals surface area (Å²) in [5.74, 6) is 1.07. The summed E-state index contributed by atoms with van der Waals surface area (Å²) in [6, 6.07) is 9.65. The van der Waals surface area contributed by atoms with Gasteiger partial charge in [-0.2, -0.15) is 11.8 Å². The second kappa shape index (κ2) is 12.3. The second-order valence-electron chi connectivity index (χ2n) is 8.51. The minimum Gasteiger partial charge on any atom is -0.389 e. The number of aromatic nitrogens is 1. The minimum absolute atomic E-state index is 0.213. The van der Waals surface area contributed by atoms with Gasteiger partial charge in [-0.05, 0) is 17.9 Å². The lowest BCUT2D eigenvalue weighted by atomic mass is 9.97. The van der Waals surface area contributed by atoms with E-state index in [1.807, 2.05) is 35.5 Å². The van der Waals surface area contributed by atoms with Crippen LogP contribution in [0.5, 0.6) is 0 Å². The average Bonchev–Trinajstić information content (AvgIpc) is 3.22. The Hall–Kier alpha value is -0.960. The van der Waals surface area contributed by atoms with Gasteiger partial charge in [-0.1, -0.05) is 63.9 Å². The first-order valence-electron chi connectivity index (χ1n) is 11.3. The number of hydrogen-bond acceptors (Lipinski definition) is 7. The Morgan fingerprint density at radius 1 is 1.19 bits per heavy atom. The predicted octanol–water partition coefficient (Wildman–Crippen LogP) is 4.73. The van der Waals surface area contributed by atoms with E-state index in [4.69, 9.17) is 15.2 Å². The van der Waals surface area contributed by atoms with Crippen molar-refractivity contribution in [1.29, 1.82) is 0 Å². The maximum atomic E-state index is 11.1. The molecule has 3 rings (SSSR count). The molecule has 172 valence electrons. The molecule has 1 saturated heterocycles. The molecule has 1 aliphatic heterocycles. The lowest BCUT2D eigenvalue weighted by molar-refractivity contribution is -0.0729. The maximum Gasteiger partial charge on any atom is 0.0986 e. The third-order valence-corrected chi connectivity index (χ3v) is 8.05. The number of thioether (sulfide) groups is 1. The number of rotatable bonds is 10. The summed E-state index contributed by atoms with van der Waals surface area (Å²) in [7, 11) is 0. The number of unbranched alkanes of at least 4 members (excludes halogenated alkanes) is 1. The lowest BCUT2D eigenvalue weighted by Crippen LogP contribution is -2.53. The molecule has 0 aliphatic carbocycles. The maximum absolute atomic E-state index is 11.1. The van der Waals surface area contributed by atoms with Crippen LogP contribution >= 0.6 is 23.1 Å². The highest BCUT2D eigenvalue weighted by molar-refractivity contribution is 8.00. The van der Waals surface area contributed by atoms with Crippen molar-refractivity contribution in [3.8, 4) is 0 Å². The third-order valence-electron chi connectivity index (χ3n) is 5.77. The fourth-order valence-electron chi connectivity index (χ4n) is 3.93. The van der Waals surface area contributed by atoms with Crippen molar-refractivity contribution in [3.63, 3.8) is 0 Å². The molecule has 0 unspecified atom stereocenters. The lowest BCUT2D eigenvalue weighted by Gasteiger charge is -2.32. The SMILES string of the molecule is CCCC[C@@H]1SC[C@@H](OCc2scnc2C(C)C)[C@@H](O)[C@H](N)[C@@H]1OCc1ccccc1. The molecule has 1 fully saturated rings. The summed E-state index contributed by atoms with van der Waals surface area (Å²) in [5, 5.41) is 11.3. The zero-order valence-electron chi connectivity index (χ0n) is 18.8. The first kappa shape index (κ1) is 24.7. The smallest absolute Gasteiger partial charge is 0.0986 e. The highest BCUT2D eigenvalue weighted by Crippen LogP contribution is 2.33. The second-order valence-corrected chi connectivity index (χ2v) is 10.7. The van der Waals surface area contributed by atoms with E-state index in [-0.39, 0.29) is 17.5 Å². The van der Waals surface area contributed by atoms with Gasteiger partial charge in [0.15, 0.2) is 0 Å². The number of aliphatic hydroxyl groups excluding tert-OH is 1. The van der Waals surface area contributed by atoms with Crippen LogP contribution in [0.15, 0.2) is 35.8 Å². The molecule has 5 nitrogen and oxygen atoms in total. The Balaban J connectivity index is 1.67. The van der Waals surface area contributed by atoms with E-state index in [0.29, 0.717) is 24.9 Å². The van der Waals surface area contributed by atoms with Crippen LogP contribution in [0.4, 0.5) is 0 Å². The first-order valence-corrected chi connectivity index (χ1v) is 13.2. The number of aliphatic hydroxyl groups is 1. The third kappa shape index (κ3) is 6.76. The van der Waals surface area contributed by atoms with Crippen LogP contribution in [-0.4, -0.2) is 45.4 Å². The van der Waals surface area contributed by atoms with Gasteiger partial charge < -0.3 is 20.3 Å². The van der Waals surface area contributed by atoms with Gasteiger partial charge in [0.1, 0.15) is 0 Å². The van der Waals surface area contributed by atoms with Crippen LogP contribution in [0.2, 0.25) is 0 Å². The van der Waals surface area contributed by atoms with E-state index >= 15 is 0 Å². The number of nitrogens with two attached hydrogens (primary N) is 1. The van der Waals surface area contributed by atoms with E-state index in [0.717, 1.165) is 35.4 Å². The van der Waals surface area contributed by atoms with Gasteiger partial charge >= 0.3 is 0 Å². The van der Waals surface area contributed by atoms with Crippen molar-refractivity contribution in [2.45, 2.75) is 88.8 Å². The van der Waals surface area contributed by atoms with E-state index < -0.39 is 12.1 Å². The first-order chi connectivity index (χ1) is 15.0. The van der Waals surface area contributed by atoms with E-state index in [1.165, 1.54) is 0 Å². The summed E-state index contributed by atoms with van der Waals surface area (Å²) in [6.45, 7) is 7.43. The standard InChI is InChI=1S/C24H36N2O3S2/c1-4-5-11-19-24(29-12-17-9-7-6-8-10-17)21(25)23(27)18(14-30-19)28-13-20-22(16(2)3)26-15-31-20/h6-10,15-16,18-19,21,23-24,27H,4-5,11-14,25H2,1-3H3/t18-,19+,21+,23-,24-/m1/s1. The Morgan fingerprint density at radius 2 is 1.97 bits per heavy atom. The molecule has 5 atom stereocenters. The molecule has 0 spiro atoms. The molecule has 1 aliphatic rings. The number of benzene rings is 1. The zero-order chi connectivity index (χ0) is 22.2. The van der Waals surface area contributed by atoms with E-state index in [2.05, 4.69) is 37.9 Å². The summed E-state index contributed by atoms with van der Waals surface area (Å²) < 4.78 is 12.5.